The Morgan fingerprint density at radius 2 is 1.62 bits per heavy atom. The molecule has 3 amide bonds. The molecule has 0 spiro atoms. The molecule has 1 aliphatic heterocycles. The molecule has 4 bridgehead atoms. The van der Waals surface area contributed by atoms with E-state index in [1.165, 1.54) is 24.8 Å². The Morgan fingerprint density at radius 1 is 0.969 bits per heavy atom. The summed E-state index contributed by atoms with van der Waals surface area (Å²) in [6.45, 7) is 6.58. The number of imide groups is 1. The van der Waals surface area contributed by atoms with Crippen molar-refractivity contribution >= 4 is 11.9 Å². The number of hydrogen-bond acceptors (Lipinski definition) is 4. The van der Waals surface area contributed by atoms with Gasteiger partial charge in [-0.2, -0.15) is 0 Å². The first-order valence-corrected chi connectivity index (χ1v) is 12.6. The van der Waals surface area contributed by atoms with E-state index in [0.717, 1.165) is 76.2 Å². The SMILES string of the molecule is CC(C(=O)NC(=O)NC12CC3CC(CC(C3)C1)C2)N1CCCN(Cc2ccccc2)CC1. The highest BCUT2D eigenvalue weighted by atomic mass is 16.2. The van der Waals surface area contributed by atoms with E-state index < -0.39 is 0 Å². The minimum absolute atomic E-state index is 0.0666. The Kier molecular flexibility index (Phi) is 6.26. The fraction of sp³-hybridized carbons (Fsp3) is 0.692. The van der Waals surface area contributed by atoms with Gasteiger partial charge in [0.2, 0.25) is 5.91 Å². The number of amides is 3. The Bertz CT molecular complexity index is 791. The van der Waals surface area contributed by atoms with Crippen LogP contribution in [0.3, 0.4) is 0 Å². The quantitative estimate of drug-likeness (QED) is 0.740. The lowest BCUT2D eigenvalue weighted by atomic mass is 9.53. The fourth-order valence-electron chi connectivity index (χ4n) is 7.30. The van der Waals surface area contributed by atoms with Crippen LogP contribution in [0.4, 0.5) is 4.79 Å². The molecule has 4 aliphatic carbocycles. The van der Waals surface area contributed by atoms with Crippen LogP contribution in [-0.2, 0) is 11.3 Å². The van der Waals surface area contributed by atoms with Crippen molar-refractivity contribution in [3.05, 3.63) is 35.9 Å². The van der Waals surface area contributed by atoms with Gasteiger partial charge in [0.15, 0.2) is 0 Å². The Hall–Kier alpha value is -1.92. The highest BCUT2D eigenvalue weighted by Gasteiger charge is 2.51. The van der Waals surface area contributed by atoms with Crippen LogP contribution in [0.25, 0.3) is 0 Å². The lowest BCUT2D eigenvalue weighted by Crippen LogP contribution is -2.62. The molecule has 5 fully saturated rings. The van der Waals surface area contributed by atoms with Gasteiger partial charge in [-0.25, -0.2) is 4.79 Å². The van der Waals surface area contributed by atoms with Crippen molar-refractivity contribution in [2.24, 2.45) is 17.8 Å². The zero-order valence-electron chi connectivity index (χ0n) is 19.4. The molecule has 5 aliphatic rings. The van der Waals surface area contributed by atoms with Crippen molar-refractivity contribution < 1.29 is 9.59 Å². The maximum absolute atomic E-state index is 12.9. The molecule has 1 aromatic carbocycles. The summed E-state index contributed by atoms with van der Waals surface area (Å²) in [5.74, 6) is 2.13. The number of benzene rings is 1. The predicted octanol–water partition coefficient (Wildman–Crippen LogP) is 3.38. The molecule has 6 heteroatoms. The normalized spacial score (nSPS) is 33.5. The first kappa shape index (κ1) is 21.9. The van der Waals surface area contributed by atoms with Crippen LogP contribution in [-0.4, -0.2) is 59.5 Å². The molecule has 2 N–H and O–H groups in total. The van der Waals surface area contributed by atoms with Crippen LogP contribution in [0.5, 0.6) is 0 Å². The molecular weight excluding hydrogens is 400 g/mol. The van der Waals surface area contributed by atoms with E-state index in [1.54, 1.807) is 0 Å². The lowest BCUT2D eigenvalue weighted by molar-refractivity contribution is -0.124. The van der Waals surface area contributed by atoms with Crippen molar-refractivity contribution in [2.75, 3.05) is 26.2 Å². The molecule has 0 aromatic heterocycles. The summed E-state index contributed by atoms with van der Waals surface area (Å²) in [6.07, 6.45) is 8.35. The van der Waals surface area contributed by atoms with Crippen molar-refractivity contribution in [1.82, 2.24) is 20.4 Å². The number of hydrogen-bond donors (Lipinski definition) is 2. The van der Waals surface area contributed by atoms with Crippen molar-refractivity contribution in [3.63, 3.8) is 0 Å². The number of carbonyl (C=O) groups is 2. The van der Waals surface area contributed by atoms with Gasteiger partial charge in [-0.3, -0.25) is 19.9 Å². The van der Waals surface area contributed by atoms with Crippen LogP contribution < -0.4 is 10.6 Å². The second-order valence-electron chi connectivity index (χ2n) is 11.0. The van der Waals surface area contributed by atoms with E-state index in [9.17, 15) is 9.59 Å². The average Bonchev–Trinajstić information content (AvgIpc) is 2.98. The second kappa shape index (κ2) is 9.14. The smallest absolute Gasteiger partial charge is 0.321 e. The molecule has 4 saturated carbocycles. The molecule has 1 heterocycles. The highest BCUT2D eigenvalue weighted by molar-refractivity contribution is 5.97. The maximum atomic E-state index is 12.9. The predicted molar refractivity (Wildman–Crippen MR) is 125 cm³/mol. The third-order valence-corrected chi connectivity index (χ3v) is 8.45. The number of nitrogens with zero attached hydrogens (tertiary/aromatic N) is 2. The molecule has 1 atom stereocenters. The van der Waals surface area contributed by atoms with Crippen LogP contribution in [0.2, 0.25) is 0 Å². The summed E-state index contributed by atoms with van der Waals surface area (Å²) >= 11 is 0. The van der Waals surface area contributed by atoms with Gasteiger partial charge in [0.25, 0.3) is 0 Å². The van der Waals surface area contributed by atoms with Gasteiger partial charge in [0.1, 0.15) is 0 Å². The minimum atomic E-state index is -0.297. The van der Waals surface area contributed by atoms with Gasteiger partial charge in [0, 0.05) is 31.7 Å². The molecule has 6 rings (SSSR count). The van der Waals surface area contributed by atoms with Gasteiger partial charge in [-0.1, -0.05) is 30.3 Å². The van der Waals surface area contributed by atoms with Gasteiger partial charge < -0.3 is 5.32 Å². The highest BCUT2D eigenvalue weighted by Crippen LogP contribution is 2.55. The van der Waals surface area contributed by atoms with E-state index >= 15 is 0 Å². The van der Waals surface area contributed by atoms with Gasteiger partial charge in [0.05, 0.1) is 6.04 Å². The largest absolute Gasteiger partial charge is 0.332 e. The van der Waals surface area contributed by atoms with Gasteiger partial charge >= 0.3 is 6.03 Å². The molecular formula is C26H38N4O2. The summed E-state index contributed by atoms with van der Waals surface area (Å²) in [5, 5.41) is 5.94. The van der Waals surface area contributed by atoms with Crippen LogP contribution >= 0.6 is 0 Å². The zero-order valence-corrected chi connectivity index (χ0v) is 19.4. The van der Waals surface area contributed by atoms with Crippen LogP contribution in [0.1, 0.15) is 57.4 Å². The Morgan fingerprint density at radius 3 is 2.28 bits per heavy atom. The van der Waals surface area contributed by atoms with Crippen LogP contribution in [0, 0.1) is 17.8 Å². The molecule has 6 nitrogen and oxygen atoms in total. The first-order chi connectivity index (χ1) is 15.5. The fourth-order valence-corrected chi connectivity index (χ4v) is 7.30. The summed E-state index contributed by atoms with van der Waals surface area (Å²) in [5.41, 5.74) is 1.26. The molecule has 1 saturated heterocycles. The van der Waals surface area contributed by atoms with E-state index in [0.29, 0.717) is 0 Å². The third kappa shape index (κ3) is 4.86. The molecule has 0 radical (unpaired) electrons. The Balaban J connectivity index is 1.11. The maximum Gasteiger partial charge on any atom is 0.321 e. The summed E-state index contributed by atoms with van der Waals surface area (Å²) < 4.78 is 0. The van der Waals surface area contributed by atoms with E-state index in [2.05, 4.69) is 44.7 Å². The van der Waals surface area contributed by atoms with Crippen molar-refractivity contribution in [3.8, 4) is 0 Å². The van der Waals surface area contributed by atoms with Crippen molar-refractivity contribution in [2.45, 2.75) is 70.0 Å². The van der Waals surface area contributed by atoms with Gasteiger partial charge in [-0.15, -0.1) is 0 Å². The molecule has 174 valence electrons. The third-order valence-electron chi connectivity index (χ3n) is 8.45. The van der Waals surface area contributed by atoms with Crippen LogP contribution in [0.15, 0.2) is 30.3 Å². The zero-order chi connectivity index (χ0) is 22.1. The van der Waals surface area contributed by atoms with Crippen molar-refractivity contribution in [1.29, 1.82) is 0 Å². The standard InChI is InChI=1S/C26H38N4O2/c1-19(30-9-5-8-29(10-11-30)18-20-6-3-2-4-7-20)24(31)27-25(32)28-26-15-21-12-22(16-26)14-23(13-21)17-26/h2-4,6-7,19,21-23H,5,8-18H2,1H3,(H2,27,28,31,32). The molecule has 1 unspecified atom stereocenters. The topological polar surface area (TPSA) is 64.7 Å². The average molecular weight is 439 g/mol. The lowest BCUT2D eigenvalue weighted by Gasteiger charge is -2.56. The molecule has 1 aromatic rings. The second-order valence-corrected chi connectivity index (χ2v) is 11.0. The monoisotopic (exact) mass is 438 g/mol. The number of rotatable bonds is 5. The minimum Gasteiger partial charge on any atom is -0.332 e. The van der Waals surface area contributed by atoms with Gasteiger partial charge in [-0.05, 0) is 81.7 Å². The summed E-state index contributed by atoms with van der Waals surface area (Å²) in [7, 11) is 0. The number of urea groups is 1. The number of nitrogens with one attached hydrogen (secondary N) is 2. The van der Waals surface area contributed by atoms with E-state index in [-0.39, 0.29) is 23.5 Å². The summed E-state index contributed by atoms with van der Waals surface area (Å²) in [6, 6.07) is 9.97. The van der Waals surface area contributed by atoms with E-state index in [4.69, 9.17) is 0 Å². The van der Waals surface area contributed by atoms with E-state index in [1.807, 2.05) is 13.0 Å². The first-order valence-electron chi connectivity index (χ1n) is 12.6. The number of carbonyl (C=O) groups excluding carboxylic acids is 2. The summed E-state index contributed by atoms with van der Waals surface area (Å²) in [4.78, 5) is 30.4. The molecule has 32 heavy (non-hydrogen) atoms. The Labute approximate surface area is 192 Å².